The predicted molar refractivity (Wildman–Crippen MR) is 76.5 cm³/mol. The van der Waals surface area contributed by atoms with Crippen LogP contribution in [0.2, 0.25) is 0 Å². The standard InChI is InChI=1S/C15H25NS/c1-12-3-6-14(7-4-12)9-10-16-11-15-8-5-13(2)17-15/h5,8,12,14,16H,3-4,6-7,9-11H2,1-2H3. The first-order valence-corrected chi connectivity index (χ1v) is 7.81. The third kappa shape index (κ3) is 4.44. The van der Waals surface area contributed by atoms with Crippen molar-refractivity contribution in [1.82, 2.24) is 5.32 Å². The maximum Gasteiger partial charge on any atom is 0.0299 e. The smallest absolute Gasteiger partial charge is 0.0299 e. The summed E-state index contributed by atoms with van der Waals surface area (Å²) in [6.45, 7) is 6.82. The van der Waals surface area contributed by atoms with Crippen molar-refractivity contribution >= 4 is 11.3 Å². The molecule has 1 heterocycles. The highest BCUT2D eigenvalue weighted by atomic mass is 32.1. The lowest BCUT2D eigenvalue weighted by Crippen LogP contribution is -2.20. The second-order valence-corrected chi connectivity index (χ2v) is 6.98. The van der Waals surface area contributed by atoms with Crippen LogP contribution in [0.5, 0.6) is 0 Å². The first-order chi connectivity index (χ1) is 8.24. The molecule has 0 spiro atoms. The minimum absolute atomic E-state index is 0.980. The average Bonchev–Trinajstić information content (AvgIpc) is 2.73. The number of hydrogen-bond acceptors (Lipinski definition) is 2. The third-order valence-electron chi connectivity index (χ3n) is 3.96. The highest BCUT2D eigenvalue weighted by molar-refractivity contribution is 7.11. The van der Waals surface area contributed by atoms with E-state index in [0.29, 0.717) is 0 Å². The van der Waals surface area contributed by atoms with E-state index in [-0.39, 0.29) is 0 Å². The second kappa shape index (κ2) is 6.55. The molecule has 1 saturated carbocycles. The van der Waals surface area contributed by atoms with Gasteiger partial charge < -0.3 is 5.32 Å². The van der Waals surface area contributed by atoms with Gasteiger partial charge in [-0.15, -0.1) is 11.3 Å². The van der Waals surface area contributed by atoms with Crippen LogP contribution in [0, 0.1) is 18.8 Å². The Kier molecular flexibility index (Phi) is 5.05. The van der Waals surface area contributed by atoms with Crippen LogP contribution in [0.4, 0.5) is 0 Å². The predicted octanol–water partition coefficient (Wildman–Crippen LogP) is 4.36. The molecule has 0 saturated heterocycles. The lowest BCUT2D eigenvalue weighted by molar-refractivity contribution is 0.275. The van der Waals surface area contributed by atoms with Crippen LogP contribution in [-0.4, -0.2) is 6.54 Å². The number of nitrogens with one attached hydrogen (secondary N) is 1. The lowest BCUT2D eigenvalue weighted by atomic mass is 9.81. The van der Waals surface area contributed by atoms with Crippen LogP contribution in [0.25, 0.3) is 0 Å². The molecule has 0 aliphatic heterocycles. The molecule has 0 bridgehead atoms. The quantitative estimate of drug-likeness (QED) is 0.767. The Bertz CT molecular complexity index is 323. The van der Waals surface area contributed by atoms with Gasteiger partial charge >= 0.3 is 0 Å². The van der Waals surface area contributed by atoms with E-state index in [1.54, 1.807) is 0 Å². The molecule has 0 aromatic carbocycles. The Hall–Kier alpha value is -0.340. The largest absolute Gasteiger partial charge is 0.312 e. The summed E-state index contributed by atoms with van der Waals surface area (Å²) in [6.07, 6.45) is 7.20. The number of hydrogen-bond donors (Lipinski definition) is 1. The van der Waals surface area contributed by atoms with Crippen molar-refractivity contribution in [3.63, 3.8) is 0 Å². The molecule has 2 heteroatoms. The maximum atomic E-state index is 3.58. The van der Waals surface area contributed by atoms with E-state index in [1.165, 1.54) is 48.4 Å². The SMILES string of the molecule is Cc1ccc(CNCCC2CCC(C)CC2)s1. The molecule has 1 fully saturated rings. The van der Waals surface area contributed by atoms with Crippen LogP contribution in [0.1, 0.15) is 48.8 Å². The molecule has 0 unspecified atom stereocenters. The van der Waals surface area contributed by atoms with Gasteiger partial charge in [0.15, 0.2) is 0 Å². The van der Waals surface area contributed by atoms with Crippen molar-refractivity contribution < 1.29 is 0 Å². The fourth-order valence-electron chi connectivity index (χ4n) is 2.72. The van der Waals surface area contributed by atoms with Crippen LogP contribution in [0.3, 0.4) is 0 Å². The summed E-state index contributed by atoms with van der Waals surface area (Å²) in [6, 6.07) is 4.46. The van der Waals surface area contributed by atoms with E-state index >= 15 is 0 Å². The van der Waals surface area contributed by atoms with Gasteiger partial charge in [-0.3, -0.25) is 0 Å². The Labute approximate surface area is 110 Å². The molecule has 0 amide bonds. The fraction of sp³-hybridized carbons (Fsp3) is 0.733. The molecule has 96 valence electrons. The first kappa shape index (κ1) is 13.1. The molecular weight excluding hydrogens is 226 g/mol. The summed E-state index contributed by atoms with van der Waals surface area (Å²) in [5, 5.41) is 3.58. The Morgan fingerprint density at radius 1 is 1.24 bits per heavy atom. The van der Waals surface area contributed by atoms with Gasteiger partial charge in [0.2, 0.25) is 0 Å². The average molecular weight is 251 g/mol. The van der Waals surface area contributed by atoms with E-state index in [2.05, 4.69) is 31.3 Å². The molecule has 1 aromatic rings. The van der Waals surface area contributed by atoms with Gasteiger partial charge in [-0.05, 0) is 43.9 Å². The van der Waals surface area contributed by atoms with Gasteiger partial charge in [-0.25, -0.2) is 0 Å². The Morgan fingerprint density at radius 3 is 2.65 bits per heavy atom. The van der Waals surface area contributed by atoms with Crippen molar-refractivity contribution in [2.24, 2.45) is 11.8 Å². The lowest BCUT2D eigenvalue weighted by Gasteiger charge is -2.26. The highest BCUT2D eigenvalue weighted by Gasteiger charge is 2.17. The van der Waals surface area contributed by atoms with Crippen LogP contribution >= 0.6 is 11.3 Å². The van der Waals surface area contributed by atoms with E-state index in [9.17, 15) is 0 Å². The number of aryl methyl sites for hydroxylation is 1. The van der Waals surface area contributed by atoms with Gasteiger partial charge in [0.1, 0.15) is 0 Å². The molecule has 1 aromatic heterocycles. The topological polar surface area (TPSA) is 12.0 Å². The summed E-state index contributed by atoms with van der Waals surface area (Å²) in [7, 11) is 0. The maximum absolute atomic E-state index is 3.58. The fourth-order valence-corrected chi connectivity index (χ4v) is 3.58. The zero-order chi connectivity index (χ0) is 12.1. The Morgan fingerprint density at radius 2 is 2.00 bits per heavy atom. The van der Waals surface area contributed by atoms with Crippen molar-refractivity contribution in [2.75, 3.05) is 6.54 Å². The summed E-state index contributed by atoms with van der Waals surface area (Å²) in [4.78, 5) is 2.89. The molecule has 17 heavy (non-hydrogen) atoms. The third-order valence-corrected chi connectivity index (χ3v) is 4.96. The molecule has 0 atom stereocenters. The van der Waals surface area contributed by atoms with Crippen molar-refractivity contribution in [3.8, 4) is 0 Å². The molecule has 1 aliphatic carbocycles. The van der Waals surface area contributed by atoms with Crippen molar-refractivity contribution in [2.45, 2.75) is 52.5 Å². The van der Waals surface area contributed by atoms with Gasteiger partial charge in [0.05, 0.1) is 0 Å². The molecule has 1 aliphatic rings. The summed E-state index contributed by atoms with van der Waals surface area (Å²) in [5.74, 6) is 1.97. The van der Waals surface area contributed by atoms with E-state index in [1.807, 2.05) is 11.3 Å². The van der Waals surface area contributed by atoms with Gasteiger partial charge in [-0.2, -0.15) is 0 Å². The van der Waals surface area contributed by atoms with Gasteiger partial charge in [0, 0.05) is 16.3 Å². The summed E-state index contributed by atoms with van der Waals surface area (Å²) in [5.41, 5.74) is 0. The van der Waals surface area contributed by atoms with E-state index in [4.69, 9.17) is 0 Å². The molecule has 1 N–H and O–H groups in total. The first-order valence-electron chi connectivity index (χ1n) is 7.00. The van der Waals surface area contributed by atoms with Crippen LogP contribution in [-0.2, 0) is 6.54 Å². The van der Waals surface area contributed by atoms with Gasteiger partial charge in [0.25, 0.3) is 0 Å². The second-order valence-electron chi connectivity index (χ2n) is 5.60. The number of thiophene rings is 1. The monoisotopic (exact) mass is 251 g/mol. The van der Waals surface area contributed by atoms with Crippen LogP contribution < -0.4 is 5.32 Å². The zero-order valence-electron chi connectivity index (χ0n) is 11.2. The molecule has 0 radical (unpaired) electrons. The summed E-state index contributed by atoms with van der Waals surface area (Å²) >= 11 is 1.91. The number of rotatable bonds is 5. The van der Waals surface area contributed by atoms with E-state index < -0.39 is 0 Å². The van der Waals surface area contributed by atoms with Crippen molar-refractivity contribution in [1.29, 1.82) is 0 Å². The van der Waals surface area contributed by atoms with Crippen molar-refractivity contribution in [3.05, 3.63) is 21.9 Å². The van der Waals surface area contributed by atoms with E-state index in [0.717, 1.165) is 18.4 Å². The molecule has 2 rings (SSSR count). The summed E-state index contributed by atoms with van der Waals surface area (Å²) < 4.78 is 0. The highest BCUT2D eigenvalue weighted by Crippen LogP contribution is 2.29. The van der Waals surface area contributed by atoms with Gasteiger partial charge in [-0.1, -0.05) is 32.6 Å². The van der Waals surface area contributed by atoms with Crippen LogP contribution in [0.15, 0.2) is 12.1 Å². The zero-order valence-corrected chi connectivity index (χ0v) is 12.0. The molecular formula is C15H25NS. The minimum Gasteiger partial charge on any atom is -0.312 e. The normalized spacial score (nSPS) is 25.1. The Balaban J connectivity index is 1.57. The minimum atomic E-state index is 0.980. The molecule has 1 nitrogen and oxygen atoms in total.